The van der Waals surface area contributed by atoms with Crippen molar-refractivity contribution in [3.8, 4) is 17.1 Å². The summed E-state index contributed by atoms with van der Waals surface area (Å²) >= 11 is 7.90. The van der Waals surface area contributed by atoms with Gasteiger partial charge in [0.1, 0.15) is 0 Å². The maximum Gasteiger partial charge on any atom is 0.222 e. The van der Waals surface area contributed by atoms with Crippen molar-refractivity contribution in [3.63, 3.8) is 0 Å². The highest BCUT2D eigenvalue weighted by Gasteiger charge is 2.29. The lowest BCUT2D eigenvalue weighted by molar-refractivity contribution is -0.142. The second-order valence-corrected chi connectivity index (χ2v) is 11.7. The second kappa shape index (κ2) is 14.0. The normalized spacial score (nSPS) is 15.5. The lowest BCUT2D eigenvalue weighted by atomic mass is 10.1. The maximum atomic E-state index is 13.0. The molecule has 1 fully saturated rings. The average molecular weight is 568 g/mol. The maximum absolute atomic E-state index is 13.0. The summed E-state index contributed by atoms with van der Waals surface area (Å²) < 4.78 is 2.03. The average Bonchev–Trinajstić information content (AvgIpc) is 3.35. The molecule has 1 aromatic heterocycles. The first kappa shape index (κ1) is 29.2. The molecular weight excluding hydrogens is 530 g/mol. The first-order valence-corrected chi connectivity index (χ1v) is 15.2. The van der Waals surface area contributed by atoms with Gasteiger partial charge in [0.2, 0.25) is 11.8 Å². The predicted octanol–water partition coefficient (Wildman–Crippen LogP) is 6.41. The van der Waals surface area contributed by atoms with Crippen molar-refractivity contribution in [3.05, 3.63) is 59.1 Å². The number of benzene rings is 2. The zero-order valence-electron chi connectivity index (χ0n) is 23.1. The Balaban J connectivity index is 1.34. The fourth-order valence-electron chi connectivity index (χ4n) is 4.87. The molecule has 1 saturated heterocycles. The number of unbranched alkanes of at least 4 members (excludes halogenated alkanes) is 2. The van der Waals surface area contributed by atoms with Crippen molar-refractivity contribution < 1.29 is 9.59 Å². The van der Waals surface area contributed by atoms with Gasteiger partial charge in [0.25, 0.3) is 0 Å². The van der Waals surface area contributed by atoms with E-state index in [-0.39, 0.29) is 17.9 Å². The number of halogens is 1. The van der Waals surface area contributed by atoms with E-state index in [0.717, 1.165) is 53.7 Å². The highest BCUT2D eigenvalue weighted by molar-refractivity contribution is 7.99. The standard InChI is InChI=1S/C30H38ClN5O2S/c1-4-5-6-11-28(38)35-18-17-34(21-23(35)3)27(37)12-8-19-39-30-33-32-29(24-15-13-22(2)14-16-24)36(30)26-10-7-9-25(31)20-26/h7,9-10,13-16,20,23H,4-6,8,11-12,17-19,21H2,1-3H3. The second-order valence-electron chi connectivity index (χ2n) is 10.2. The van der Waals surface area contributed by atoms with Gasteiger partial charge in [-0.3, -0.25) is 14.2 Å². The minimum absolute atomic E-state index is 0.0580. The van der Waals surface area contributed by atoms with Gasteiger partial charge in [-0.1, -0.05) is 79.0 Å². The Kier molecular flexibility index (Phi) is 10.5. The Morgan fingerprint density at radius 3 is 2.49 bits per heavy atom. The SMILES string of the molecule is CCCCCC(=O)N1CCN(C(=O)CCCSc2nnc(-c3ccc(C)cc3)n2-c2cccc(Cl)c2)CC1C. The number of thioether (sulfide) groups is 1. The van der Waals surface area contributed by atoms with E-state index in [2.05, 4.69) is 36.2 Å². The third kappa shape index (κ3) is 7.63. The van der Waals surface area contributed by atoms with E-state index in [1.54, 1.807) is 11.8 Å². The van der Waals surface area contributed by atoms with Crippen molar-refractivity contribution in [2.75, 3.05) is 25.4 Å². The zero-order chi connectivity index (χ0) is 27.8. The molecule has 4 rings (SSSR count). The molecule has 39 heavy (non-hydrogen) atoms. The fourth-order valence-corrected chi connectivity index (χ4v) is 5.95. The van der Waals surface area contributed by atoms with Crippen molar-refractivity contribution in [1.82, 2.24) is 24.6 Å². The van der Waals surface area contributed by atoms with Crippen LogP contribution < -0.4 is 0 Å². The van der Waals surface area contributed by atoms with Crippen LogP contribution in [0, 0.1) is 6.92 Å². The Bertz CT molecular complexity index is 1260. The summed E-state index contributed by atoms with van der Waals surface area (Å²) in [6.07, 6.45) is 4.94. The van der Waals surface area contributed by atoms with Gasteiger partial charge in [0.15, 0.2) is 11.0 Å². The van der Waals surface area contributed by atoms with Crippen LogP contribution in [0.25, 0.3) is 17.1 Å². The number of piperazine rings is 1. The number of hydrogen-bond acceptors (Lipinski definition) is 5. The van der Waals surface area contributed by atoms with Crippen LogP contribution in [-0.4, -0.2) is 67.8 Å². The molecule has 1 unspecified atom stereocenters. The van der Waals surface area contributed by atoms with Gasteiger partial charge in [-0.05, 0) is 44.9 Å². The molecule has 1 aliphatic heterocycles. The summed E-state index contributed by atoms with van der Waals surface area (Å²) in [5.41, 5.74) is 3.06. The number of rotatable bonds is 11. The number of carbonyl (C=O) groups excluding carboxylic acids is 2. The monoisotopic (exact) mass is 567 g/mol. The topological polar surface area (TPSA) is 71.3 Å². The van der Waals surface area contributed by atoms with Gasteiger partial charge in [-0.15, -0.1) is 10.2 Å². The van der Waals surface area contributed by atoms with Crippen molar-refractivity contribution in [2.24, 2.45) is 0 Å². The van der Waals surface area contributed by atoms with Crippen LogP contribution >= 0.6 is 23.4 Å². The number of nitrogens with zero attached hydrogens (tertiary/aromatic N) is 5. The van der Waals surface area contributed by atoms with Crippen LogP contribution in [0.3, 0.4) is 0 Å². The molecule has 2 heterocycles. The molecule has 1 aliphatic rings. The molecule has 0 bridgehead atoms. The summed E-state index contributed by atoms with van der Waals surface area (Å²) in [6, 6.07) is 16.0. The van der Waals surface area contributed by atoms with E-state index in [1.807, 2.05) is 57.7 Å². The van der Waals surface area contributed by atoms with Crippen molar-refractivity contribution >= 4 is 35.2 Å². The first-order valence-electron chi connectivity index (χ1n) is 13.9. The van der Waals surface area contributed by atoms with Gasteiger partial charge in [0, 0.05) is 54.9 Å². The minimum Gasteiger partial charge on any atom is -0.339 e. The van der Waals surface area contributed by atoms with Crippen molar-refractivity contribution in [2.45, 2.75) is 70.5 Å². The van der Waals surface area contributed by atoms with E-state index >= 15 is 0 Å². The smallest absolute Gasteiger partial charge is 0.222 e. The largest absolute Gasteiger partial charge is 0.339 e. The van der Waals surface area contributed by atoms with Crippen LogP contribution in [-0.2, 0) is 9.59 Å². The van der Waals surface area contributed by atoms with Crippen LogP contribution in [0.15, 0.2) is 53.7 Å². The molecule has 9 heteroatoms. The number of amides is 2. The molecule has 0 aliphatic carbocycles. The lowest BCUT2D eigenvalue weighted by Crippen LogP contribution is -2.55. The number of aryl methyl sites for hydroxylation is 1. The summed E-state index contributed by atoms with van der Waals surface area (Å²) in [4.78, 5) is 29.4. The highest BCUT2D eigenvalue weighted by Crippen LogP contribution is 2.30. The lowest BCUT2D eigenvalue weighted by Gasteiger charge is -2.40. The van der Waals surface area contributed by atoms with E-state index in [0.29, 0.717) is 37.5 Å². The van der Waals surface area contributed by atoms with Gasteiger partial charge in [0.05, 0.1) is 5.69 Å². The van der Waals surface area contributed by atoms with Crippen molar-refractivity contribution in [1.29, 1.82) is 0 Å². The molecule has 0 radical (unpaired) electrons. The Morgan fingerprint density at radius 1 is 1.00 bits per heavy atom. The van der Waals surface area contributed by atoms with Crippen LogP contribution in [0.5, 0.6) is 0 Å². The van der Waals surface area contributed by atoms with Crippen LogP contribution in [0.4, 0.5) is 0 Å². The van der Waals surface area contributed by atoms with E-state index in [1.165, 1.54) is 5.56 Å². The van der Waals surface area contributed by atoms with Gasteiger partial charge < -0.3 is 9.80 Å². The Morgan fingerprint density at radius 2 is 1.77 bits per heavy atom. The minimum atomic E-state index is 0.0580. The van der Waals surface area contributed by atoms with Gasteiger partial charge in [-0.2, -0.15) is 0 Å². The number of hydrogen-bond donors (Lipinski definition) is 0. The van der Waals surface area contributed by atoms with Crippen LogP contribution in [0.1, 0.15) is 57.9 Å². The molecule has 7 nitrogen and oxygen atoms in total. The molecule has 208 valence electrons. The number of aromatic nitrogens is 3. The van der Waals surface area contributed by atoms with Crippen LogP contribution in [0.2, 0.25) is 5.02 Å². The summed E-state index contributed by atoms with van der Waals surface area (Å²) in [6.45, 7) is 8.08. The van der Waals surface area contributed by atoms with Gasteiger partial charge in [-0.25, -0.2) is 0 Å². The number of carbonyl (C=O) groups is 2. The molecule has 2 aromatic carbocycles. The highest BCUT2D eigenvalue weighted by atomic mass is 35.5. The Hall–Kier alpha value is -2.84. The first-order chi connectivity index (χ1) is 18.9. The molecular formula is C30H38ClN5O2S. The Labute approximate surface area is 240 Å². The van der Waals surface area contributed by atoms with E-state index < -0.39 is 0 Å². The molecule has 2 amide bonds. The zero-order valence-corrected chi connectivity index (χ0v) is 24.7. The molecule has 0 saturated carbocycles. The molecule has 0 N–H and O–H groups in total. The van der Waals surface area contributed by atoms with E-state index in [9.17, 15) is 9.59 Å². The van der Waals surface area contributed by atoms with Gasteiger partial charge >= 0.3 is 0 Å². The third-order valence-corrected chi connectivity index (χ3v) is 8.32. The summed E-state index contributed by atoms with van der Waals surface area (Å²) in [5, 5.41) is 10.4. The third-order valence-electron chi connectivity index (χ3n) is 7.07. The summed E-state index contributed by atoms with van der Waals surface area (Å²) in [7, 11) is 0. The quantitative estimate of drug-likeness (QED) is 0.198. The fraction of sp³-hybridized carbons (Fsp3) is 0.467. The van der Waals surface area contributed by atoms with E-state index in [4.69, 9.17) is 11.6 Å². The molecule has 0 spiro atoms. The molecule has 1 atom stereocenters. The summed E-state index contributed by atoms with van der Waals surface area (Å²) in [5.74, 6) is 1.86. The predicted molar refractivity (Wildman–Crippen MR) is 158 cm³/mol. The molecule has 3 aromatic rings.